The van der Waals surface area contributed by atoms with Gasteiger partial charge < -0.3 is 5.73 Å². The van der Waals surface area contributed by atoms with Crippen molar-refractivity contribution < 1.29 is 4.39 Å². The van der Waals surface area contributed by atoms with Crippen LogP contribution in [-0.4, -0.2) is 0 Å². The molecule has 0 aromatic heterocycles. The van der Waals surface area contributed by atoms with Crippen LogP contribution in [0.25, 0.3) is 0 Å². The van der Waals surface area contributed by atoms with E-state index in [1.807, 2.05) is 12.1 Å². The maximum absolute atomic E-state index is 13.8. The van der Waals surface area contributed by atoms with E-state index < -0.39 is 0 Å². The Hall–Kier alpha value is -1.05. The summed E-state index contributed by atoms with van der Waals surface area (Å²) in [6.07, 6.45) is 4.69. The minimum atomic E-state index is -0.198. The molecule has 1 aromatic rings. The summed E-state index contributed by atoms with van der Waals surface area (Å²) < 4.78 is 13.8. The Balaban J connectivity index is 2.24. The molecule has 0 saturated heterocycles. The van der Waals surface area contributed by atoms with Gasteiger partial charge in [0.1, 0.15) is 5.82 Å². The number of halogens is 1. The Morgan fingerprint density at radius 2 is 2.13 bits per heavy atom. The number of hydrogen-bond acceptors (Lipinski definition) is 1. The van der Waals surface area contributed by atoms with Crippen molar-refractivity contribution in [3.8, 4) is 0 Å². The molecular formula is C13H18FN. The van der Waals surface area contributed by atoms with Crippen molar-refractivity contribution in [2.45, 2.75) is 38.5 Å². The summed E-state index contributed by atoms with van der Waals surface area (Å²) in [6.45, 7) is 2.25. The van der Waals surface area contributed by atoms with Gasteiger partial charge in [-0.3, -0.25) is 0 Å². The molecule has 2 N–H and O–H groups in total. The third kappa shape index (κ3) is 2.14. The number of rotatable bonds is 1. The number of nitrogen functional groups attached to an aromatic ring is 1. The first kappa shape index (κ1) is 10.5. The quantitative estimate of drug-likeness (QED) is 0.698. The van der Waals surface area contributed by atoms with E-state index in [0.717, 1.165) is 18.4 Å². The molecule has 0 heterocycles. The van der Waals surface area contributed by atoms with Gasteiger partial charge in [-0.1, -0.05) is 31.9 Å². The van der Waals surface area contributed by atoms with Gasteiger partial charge in [0.15, 0.2) is 0 Å². The number of benzene rings is 1. The summed E-state index contributed by atoms with van der Waals surface area (Å²) in [5.74, 6) is 0.887. The standard InChI is InChI=1S/C13H18FN/c1-9-4-2-5-10(8-9)11-6-3-7-12(15)13(11)14/h3,6-7,9-10H,2,4-5,8,15H2,1H3/t9-,10-/m1/s1. The molecule has 2 rings (SSSR count). The van der Waals surface area contributed by atoms with Gasteiger partial charge in [-0.2, -0.15) is 0 Å². The lowest BCUT2D eigenvalue weighted by Gasteiger charge is -2.27. The van der Waals surface area contributed by atoms with Crippen LogP contribution >= 0.6 is 0 Å². The average Bonchev–Trinajstić information content (AvgIpc) is 2.22. The Morgan fingerprint density at radius 1 is 1.33 bits per heavy atom. The van der Waals surface area contributed by atoms with Gasteiger partial charge >= 0.3 is 0 Å². The van der Waals surface area contributed by atoms with E-state index >= 15 is 0 Å². The summed E-state index contributed by atoms with van der Waals surface area (Å²) >= 11 is 0. The van der Waals surface area contributed by atoms with Crippen LogP contribution in [0.15, 0.2) is 18.2 Å². The van der Waals surface area contributed by atoms with Crippen molar-refractivity contribution in [2.24, 2.45) is 5.92 Å². The second-order valence-corrected chi connectivity index (χ2v) is 4.72. The fourth-order valence-corrected chi connectivity index (χ4v) is 2.60. The van der Waals surface area contributed by atoms with Crippen molar-refractivity contribution in [1.29, 1.82) is 0 Å². The molecule has 2 heteroatoms. The summed E-state index contributed by atoms with van der Waals surface area (Å²) in [4.78, 5) is 0. The van der Waals surface area contributed by atoms with Crippen molar-refractivity contribution in [1.82, 2.24) is 0 Å². The smallest absolute Gasteiger partial charge is 0.149 e. The molecule has 0 amide bonds. The summed E-state index contributed by atoms with van der Waals surface area (Å²) in [5, 5.41) is 0. The van der Waals surface area contributed by atoms with Crippen LogP contribution in [0, 0.1) is 11.7 Å². The molecule has 1 saturated carbocycles. The summed E-state index contributed by atoms with van der Waals surface area (Å²) in [7, 11) is 0. The van der Waals surface area contributed by atoms with Crippen LogP contribution in [0.2, 0.25) is 0 Å². The van der Waals surface area contributed by atoms with Gasteiger partial charge in [0.05, 0.1) is 5.69 Å². The fraction of sp³-hybridized carbons (Fsp3) is 0.538. The fourth-order valence-electron chi connectivity index (χ4n) is 2.60. The molecule has 1 aliphatic rings. The Kier molecular flexibility index (Phi) is 2.94. The van der Waals surface area contributed by atoms with E-state index in [2.05, 4.69) is 6.92 Å². The minimum Gasteiger partial charge on any atom is -0.396 e. The van der Waals surface area contributed by atoms with Crippen LogP contribution < -0.4 is 5.73 Å². The molecule has 82 valence electrons. The lowest BCUT2D eigenvalue weighted by Crippen LogP contribution is -2.13. The van der Waals surface area contributed by atoms with E-state index in [1.165, 1.54) is 12.8 Å². The van der Waals surface area contributed by atoms with Crippen molar-refractivity contribution in [3.63, 3.8) is 0 Å². The molecule has 1 aliphatic carbocycles. The Morgan fingerprint density at radius 3 is 2.87 bits per heavy atom. The maximum atomic E-state index is 13.8. The Bertz CT molecular complexity index is 348. The highest BCUT2D eigenvalue weighted by Gasteiger charge is 2.23. The van der Waals surface area contributed by atoms with E-state index in [-0.39, 0.29) is 11.5 Å². The predicted molar refractivity (Wildman–Crippen MR) is 61.2 cm³/mol. The first-order chi connectivity index (χ1) is 7.18. The first-order valence-corrected chi connectivity index (χ1v) is 5.72. The molecule has 1 nitrogen and oxygen atoms in total. The van der Waals surface area contributed by atoms with E-state index in [9.17, 15) is 4.39 Å². The second kappa shape index (κ2) is 4.21. The molecule has 1 aromatic carbocycles. The third-order valence-electron chi connectivity index (χ3n) is 3.43. The molecule has 2 atom stereocenters. The molecule has 0 spiro atoms. The largest absolute Gasteiger partial charge is 0.396 e. The van der Waals surface area contributed by atoms with E-state index in [1.54, 1.807) is 6.07 Å². The predicted octanol–water partition coefficient (Wildman–Crippen LogP) is 3.70. The number of nitrogens with two attached hydrogens (primary N) is 1. The minimum absolute atomic E-state index is 0.198. The molecule has 0 bridgehead atoms. The SMILES string of the molecule is C[C@@H]1CCC[C@@H](c2cccc(N)c2F)C1. The zero-order chi connectivity index (χ0) is 10.8. The zero-order valence-corrected chi connectivity index (χ0v) is 9.17. The van der Waals surface area contributed by atoms with Crippen LogP contribution in [0.3, 0.4) is 0 Å². The molecular weight excluding hydrogens is 189 g/mol. The zero-order valence-electron chi connectivity index (χ0n) is 9.17. The lowest BCUT2D eigenvalue weighted by atomic mass is 9.78. The van der Waals surface area contributed by atoms with Gasteiger partial charge in [-0.15, -0.1) is 0 Å². The lowest BCUT2D eigenvalue weighted by molar-refractivity contribution is 0.338. The normalized spacial score (nSPS) is 26.5. The van der Waals surface area contributed by atoms with Gasteiger partial charge in [-0.25, -0.2) is 4.39 Å². The second-order valence-electron chi connectivity index (χ2n) is 4.72. The monoisotopic (exact) mass is 207 g/mol. The van der Waals surface area contributed by atoms with Gasteiger partial charge in [0.2, 0.25) is 0 Å². The molecule has 1 fully saturated rings. The van der Waals surface area contributed by atoms with Gasteiger partial charge in [0.25, 0.3) is 0 Å². The van der Waals surface area contributed by atoms with Crippen molar-refractivity contribution >= 4 is 5.69 Å². The van der Waals surface area contributed by atoms with Crippen molar-refractivity contribution in [2.75, 3.05) is 5.73 Å². The number of hydrogen-bond donors (Lipinski definition) is 1. The molecule has 0 aliphatic heterocycles. The van der Waals surface area contributed by atoms with Crippen LogP contribution in [0.1, 0.15) is 44.1 Å². The Labute approximate surface area is 90.5 Å². The summed E-state index contributed by atoms with van der Waals surface area (Å²) in [6, 6.07) is 5.37. The highest BCUT2D eigenvalue weighted by molar-refractivity contribution is 5.44. The van der Waals surface area contributed by atoms with Crippen molar-refractivity contribution in [3.05, 3.63) is 29.6 Å². The summed E-state index contributed by atoms with van der Waals surface area (Å²) in [5.41, 5.74) is 6.69. The van der Waals surface area contributed by atoms with Gasteiger partial charge in [-0.05, 0) is 36.3 Å². The van der Waals surface area contributed by atoms with Crippen LogP contribution in [0.4, 0.5) is 10.1 Å². The maximum Gasteiger partial charge on any atom is 0.149 e. The van der Waals surface area contributed by atoms with Crippen LogP contribution in [-0.2, 0) is 0 Å². The average molecular weight is 207 g/mol. The van der Waals surface area contributed by atoms with E-state index in [4.69, 9.17) is 5.73 Å². The van der Waals surface area contributed by atoms with Crippen LogP contribution in [0.5, 0.6) is 0 Å². The van der Waals surface area contributed by atoms with E-state index in [0.29, 0.717) is 11.8 Å². The highest BCUT2D eigenvalue weighted by atomic mass is 19.1. The molecule has 0 radical (unpaired) electrons. The molecule has 0 unspecified atom stereocenters. The topological polar surface area (TPSA) is 26.0 Å². The third-order valence-corrected chi connectivity index (χ3v) is 3.43. The molecule has 15 heavy (non-hydrogen) atoms. The number of anilines is 1. The van der Waals surface area contributed by atoms with Gasteiger partial charge in [0, 0.05) is 0 Å². The highest BCUT2D eigenvalue weighted by Crippen LogP contribution is 2.37. The first-order valence-electron chi connectivity index (χ1n) is 5.72.